The average Bonchev–Trinajstić information content (AvgIpc) is 3.01. The lowest BCUT2D eigenvalue weighted by atomic mass is 10.1. The van der Waals surface area contributed by atoms with Crippen molar-refractivity contribution < 1.29 is 17.9 Å². The molecule has 1 amide bonds. The van der Waals surface area contributed by atoms with Crippen molar-refractivity contribution in [2.75, 3.05) is 18.7 Å². The van der Waals surface area contributed by atoms with Crippen LogP contribution in [0, 0.1) is 11.3 Å². The van der Waals surface area contributed by atoms with Gasteiger partial charge in [-0.3, -0.25) is 10.1 Å². The Labute approximate surface area is 142 Å². The molecule has 0 spiro atoms. The van der Waals surface area contributed by atoms with Gasteiger partial charge in [-0.25, -0.2) is 8.42 Å². The van der Waals surface area contributed by atoms with Gasteiger partial charge >= 0.3 is 0 Å². The minimum absolute atomic E-state index is 0.00342. The number of nitrogens with one attached hydrogen (secondary N) is 1. The Balaban J connectivity index is 2.18. The molecule has 0 aliphatic heterocycles. The van der Waals surface area contributed by atoms with E-state index in [9.17, 15) is 13.2 Å². The van der Waals surface area contributed by atoms with Gasteiger partial charge in [0.25, 0.3) is 11.1 Å². The molecule has 1 aromatic carbocycles. The Hall–Kier alpha value is -2.77. The Kier molecular flexibility index (Phi) is 5.28. The van der Waals surface area contributed by atoms with Gasteiger partial charge in [0.05, 0.1) is 7.11 Å². The number of rotatable bonds is 5. The van der Waals surface area contributed by atoms with Crippen molar-refractivity contribution in [1.29, 1.82) is 5.26 Å². The highest BCUT2D eigenvalue weighted by molar-refractivity contribution is 7.90. The zero-order valence-electron chi connectivity index (χ0n) is 12.7. The minimum Gasteiger partial charge on any atom is -0.497 e. The fourth-order valence-corrected chi connectivity index (χ4v) is 3.03. The lowest BCUT2D eigenvalue weighted by molar-refractivity contribution is -0.112. The third kappa shape index (κ3) is 4.37. The molecule has 0 fully saturated rings. The fraction of sp³-hybridized carbons (Fsp3) is 0.143. The molecule has 0 saturated carbocycles. The van der Waals surface area contributed by atoms with Gasteiger partial charge in [-0.2, -0.15) is 14.6 Å². The van der Waals surface area contributed by atoms with Gasteiger partial charge < -0.3 is 4.74 Å². The van der Waals surface area contributed by atoms with E-state index < -0.39 is 15.7 Å². The fourth-order valence-electron chi connectivity index (χ4n) is 1.59. The van der Waals surface area contributed by atoms with Crippen LogP contribution in [0.4, 0.5) is 5.13 Å². The highest BCUT2D eigenvalue weighted by atomic mass is 32.2. The number of ether oxygens (including phenoxy) is 1. The summed E-state index contributed by atoms with van der Waals surface area (Å²) in [4.78, 5) is 15.8. The highest BCUT2D eigenvalue weighted by Gasteiger charge is 2.17. The van der Waals surface area contributed by atoms with Gasteiger partial charge in [0, 0.05) is 17.8 Å². The summed E-state index contributed by atoms with van der Waals surface area (Å²) >= 11 is 0.718. The molecule has 0 unspecified atom stereocenters. The summed E-state index contributed by atoms with van der Waals surface area (Å²) < 4.78 is 31.3. The lowest BCUT2D eigenvalue weighted by Gasteiger charge is -2.01. The number of hydrogen-bond donors (Lipinski definition) is 1. The van der Waals surface area contributed by atoms with Crippen molar-refractivity contribution in [2.45, 2.75) is 5.16 Å². The molecular formula is C14H12N4O4S2. The molecule has 1 aromatic heterocycles. The largest absolute Gasteiger partial charge is 0.497 e. The first-order chi connectivity index (χ1) is 11.3. The molecule has 8 nitrogen and oxygen atoms in total. The molecule has 0 aliphatic carbocycles. The number of amides is 1. The summed E-state index contributed by atoms with van der Waals surface area (Å²) in [6, 6.07) is 8.57. The van der Waals surface area contributed by atoms with E-state index in [0.29, 0.717) is 11.3 Å². The standard InChI is InChI=1S/C14H12N4O4S2/c1-22-11-5-3-9(4-6-11)7-10(8-15)12(19)16-13-17-14(18-23-13)24(2,20)21/h3-7H,1-2H3,(H,16,17,18,19). The number of hydrogen-bond acceptors (Lipinski definition) is 8. The minimum atomic E-state index is -3.55. The van der Waals surface area contributed by atoms with Crippen LogP contribution in [0.2, 0.25) is 0 Å². The van der Waals surface area contributed by atoms with Gasteiger partial charge in [0.15, 0.2) is 0 Å². The van der Waals surface area contributed by atoms with Crippen LogP contribution < -0.4 is 10.1 Å². The van der Waals surface area contributed by atoms with E-state index in [1.165, 1.54) is 13.2 Å². The van der Waals surface area contributed by atoms with E-state index in [-0.39, 0.29) is 15.9 Å². The van der Waals surface area contributed by atoms with Crippen molar-refractivity contribution in [3.05, 3.63) is 35.4 Å². The second-order valence-corrected chi connectivity index (χ2v) is 7.21. The SMILES string of the molecule is COc1ccc(C=C(C#N)C(=O)Nc2nc(S(C)(=O)=O)ns2)cc1. The first-order valence-corrected chi connectivity index (χ1v) is 9.11. The topological polar surface area (TPSA) is 122 Å². The molecular weight excluding hydrogens is 352 g/mol. The molecule has 124 valence electrons. The molecule has 0 saturated heterocycles. The van der Waals surface area contributed by atoms with Crippen LogP contribution in [0.15, 0.2) is 35.0 Å². The monoisotopic (exact) mass is 364 g/mol. The van der Waals surface area contributed by atoms with Crippen molar-refractivity contribution in [2.24, 2.45) is 0 Å². The maximum Gasteiger partial charge on any atom is 0.268 e. The Morgan fingerprint density at radius 2 is 2.04 bits per heavy atom. The molecule has 2 aromatic rings. The Bertz CT molecular complexity index is 924. The van der Waals surface area contributed by atoms with Crippen molar-refractivity contribution in [3.8, 4) is 11.8 Å². The zero-order chi connectivity index (χ0) is 17.7. The predicted molar refractivity (Wildman–Crippen MR) is 88.2 cm³/mol. The zero-order valence-corrected chi connectivity index (χ0v) is 14.3. The van der Waals surface area contributed by atoms with Crippen LogP contribution >= 0.6 is 11.5 Å². The highest BCUT2D eigenvalue weighted by Crippen LogP contribution is 2.17. The van der Waals surface area contributed by atoms with Gasteiger partial charge in [-0.1, -0.05) is 12.1 Å². The second kappa shape index (κ2) is 7.20. The lowest BCUT2D eigenvalue weighted by Crippen LogP contribution is -2.13. The van der Waals surface area contributed by atoms with Crippen molar-refractivity contribution in [1.82, 2.24) is 9.36 Å². The second-order valence-electron chi connectivity index (χ2n) is 4.55. The van der Waals surface area contributed by atoms with Crippen LogP contribution in [0.5, 0.6) is 5.75 Å². The van der Waals surface area contributed by atoms with E-state index in [0.717, 1.165) is 17.8 Å². The van der Waals surface area contributed by atoms with E-state index in [1.54, 1.807) is 30.3 Å². The molecule has 0 aliphatic rings. The normalized spacial score (nSPS) is 11.6. The number of methoxy groups -OCH3 is 1. The van der Waals surface area contributed by atoms with Crippen molar-refractivity contribution in [3.63, 3.8) is 0 Å². The van der Waals surface area contributed by atoms with Gasteiger partial charge in [0.2, 0.25) is 15.0 Å². The Morgan fingerprint density at radius 1 is 1.38 bits per heavy atom. The summed E-state index contributed by atoms with van der Waals surface area (Å²) in [5, 5.41) is 11.1. The first kappa shape index (κ1) is 17.6. The molecule has 10 heteroatoms. The summed E-state index contributed by atoms with van der Waals surface area (Å²) in [7, 11) is -2.02. The summed E-state index contributed by atoms with van der Waals surface area (Å²) in [6.07, 6.45) is 2.36. The van der Waals surface area contributed by atoms with Gasteiger partial charge in [-0.05, 0) is 23.8 Å². The molecule has 1 N–H and O–H groups in total. The average molecular weight is 364 g/mol. The van der Waals surface area contributed by atoms with Crippen LogP contribution in [0.3, 0.4) is 0 Å². The van der Waals surface area contributed by atoms with Crippen LogP contribution in [-0.4, -0.2) is 37.0 Å². The number of carbonyl (C=O) groups is 1. The third-order valence-electron chi connectivity index (χ3n) is 2.75. The molecule has 2 rings (SSSR count). The molecule has 1 heterocycles. The number of benzene rings is 1. The number of nitriles is 1. The summed E-state index contributed by atoms with van der Waals surface area (Å²) in [6.45, 7) is 0. The molecule has 0 radical (unpaired) electrons. The number of nitrogens with zero attached hydrogens (tertiary/aromatic N) is 3. The predicted octanol–water partition coefficient (Wildman–Crippen LogP) is 1.50. The first-order valence-electron chi connectivity index (χ1n) is 6.44. The van der Waals surface area contributed by atoms with Crippen molar-refractivity contribution >= 4 is 38.5 Å². The van der Waals surface area contributed by atoms with Crippen LogP contribution in [0.25, 0.3) is 6.08 Å². The van der Waals surface area contributed by atoms with Gasteiger partial charge in [0.1, 0.15) is 17.4 Å². The smallest absolute Gasteiger partial charge is 0.268 e. The number of anilines is 1. The van der Waals surface area contributed by atoms with E-state index in [1.807, 2.05) is 0 Å². The molecule has 0 atom stereocenters. The quantitative estimate of drug-likeness (QED) is 0.630. The maximum atomic E-state index is 12.1. The summed E-state index contributed by atoms with van der Waals surface area (Å²) in [5.41, 5.74) is 0.480. The van der Waals surface area contributed by atoms with Crippen LogP contribution in [-0.2, 0) is 14.6 Å². The van der Waals surface area contributed by atoms with Crippen LogP contribution in [0.1, 0.15) is 5.56 Å². The third-order valence-corrected chi connectivity index (χ3v) is 4.34. The molecule has 24 heavy (non-hydrogen) atoms. The number of aromatic nitrogens is 2. The number of carbonyl (C=O) groups excluding carboxylic acids is 1. The summed E-state index contributed by atoms with van der Waals surface area (Å²) in [5.74, 6) is -0.0539. The van der Waals surface area contributed by atoms with E-state index in [4.69, 9.17) is 10.00 Å². The van der Waals surface area contributed by atoms with Gasteiger partial charge in [-0.15, -0.1) is 0 Å². The molecule has 0 bridgehead atoms. The number of sulfone groups is 1. The van der Waals surface area contributed by atoms with E-state index in [2.05, 4.69) is 14.7 Å². The Morgan fingerprint density at radius 3 is 2.54 bits per heavy atom. The maximum absolute atomic E-state index is 12.1. The van der Waals surface area contributed by atoms with E-state index >= 15 is 0 Å².